The molecule has 1 saturated heterocycles. The van der Waals surface area contributed by atoms with Crippen LogP contribution in [0.1, 0.15) is 22.5 Å². The first kappa shape index (κ1) is 13.8. The van der Waals surface area contributed by atoms with Crippen LogP contribution in [0, 0.1) is 12.8 Å². The summed E-state index contributed by atoms with van der Waals surface area (Å²) in [5, 5.41) is 6.99. The molecule has 3 rings (SSSR count). The van der Waals surface area contributed by atoms with Crippen LogP contribution in [0.3, 0.4) is 0 Å². The van der Waals surface area contributed by atoms with Gasteiger partial charge in [0.15, 0.2) is 0 Å². The minimum Gasteiger partial charge on any atom is -0.381 e. The van der Waals surface area contributed by atoms with Gasteiger partial charge < -0.3 is 14.6 Å². The van der Waals surface area contributed by atoms with E-state index in [9.17, 15) is 4.79 Å². The lowest BCUT2D eigenvalue weighted by Gasteiger charge is -2.09. The molecule has 1 atom stereocenters. The Balaban J connectivity index is 1.78. The van der Waals surface area contributed by atoms with Crippen LogP contribution in [-0.4, -0.2) is 30.8 Å². The fraction of sp³-hybridized carbons (Fsp3) is 0.375. The minimum absolute atomic E-state index is 0.139. The van der Waals surface area contributed by atoms with Crippen molar-refractivity contribution in [2.45, 2.75) is 13.3 Å². The third kappa shape index (κ3) is 2.97. The van der Waals surface area contributed by atoms with Gasteiger partial charge in [-0.3, -0.25) is 4.79 Å². The molecule has 110 valence electrons. The Morgan fingerprint density at radius 2 is 2.19 bits per heavy atom. The van der Waals surface area contributed by atoms with Crippen LogP contribution < -0.4 is 5.32 Å². The first-order valence-corrected chi connectivity index (χ1v) is 7.13. The number of rotatable bonds is 4. The molecule has 1 fully saturated rings. The van der Waals surface area contributed by atoms with Gasteiger partial charge in [0.25, 0.3) is 5.91 Å². The van der Waals surface area contributed by atoms with Gasteiger partial charge in [-0.2, -0.15) is 0 Å². The predicted molar refractivity (Wildman–Crippen MR) is 77.9 cm³/mol. The summed E-state index contributed by atoms with van der Waals surface area (Å²) >= 11 is 0. The van der Waals surface area contributed by atoms with E-state index >= 15 is 0 Å². The molecule has 1 amide bonds. The Bertz CT molecular complexity index is 616. The summed E-state index contributed by atoms with van der Waals surface area (Å²) in [6, 6.07) is 9.59. The van der Waals surface area contributed by atoms with Crippen molar-refractivity contribution in [2.75, 3.05) is 19.8 Å². The maximum absolute atomic E-state index is 12.4. The molecule has 0 saturated carbocycles. The fourth-order valence-corrected chi connectivity index (χ4v) is 2.50. The molecular weight excluding hydrogens is 268 g/mol. The molecule has 1 unspecified atom stereocenters. The zero-order valence-corrected chi connectivity index (χ0v) is 12.0. The Morgan fingerprint density at radius 3 is 2.90 bits per heavy atom. The van der Waals surface area contributed by atoms with E-state index in [0.29, 0.717) is 36.1 Å². The lowest BCUT2D eigenvalue weighted by Crippen LogP contribution is -2.30. The minimum atomic E-state index is -0.139. The van der Waals surface area contributed by atoms with E-state index in [0.717, 1.165) is 18.6 Å². The quantitative estimate of drug-likeness (QED) is 0.937. The number of carbonyl (C=O) groups excluding carboxylic acids is 1. The first-order chi connectivity index (χ1) is 10.3. The zero-order valence-electron chi connectivity index (χ0n) is 12.0. The molecule has 0 spiro atoms. The van der Waals surface area contributed by atoms with Crippen molar-refractivity contribution in [1.82, 2.24) is 10.5 Å². The molecule has 1 aliphatic rings. The highest BCUT2D eigenvalue weighted by Crippen LogP contribution is 2.25. The highest BCUT2D eigenvalue weighted by Gasteiger charge is 2.23. The number of nitrogens with zero attached hydrogens (tertiary/aromatic N) is 1. The molecule has 0 radical (unpaired) electrons. The molecule has 5 nitrogen and oxygen atoms in total. The number of benzene rings is 1. The largest absolute Gasteiger partial charge is 0.381 e. The fourth-order valence-electron chi connectivity index (χ4n) is 2.50. The number of hydrogen-bond acceptors (Lipinski definition) is 4. The van der Waals surface area contributed by atoms with E-state index in [4.69, 9.17) is 9.26 Å². The molecule has 1 N–H and O–H groups in total. The third-order valence-electron chi connectivity index (χ3n) is 3.71. The van der Waals surface area contributed by atoms with Crippen LogP contribution in [-0.2, 0) is 4.74 Å². The van der Waals surface area contributed by atoms with Gasteiger partial charge in [0.05, 0.1) is 6.61 Å². The SMILES string of the molecule is Cc1onc(-c2ccccc2)c1C(=O)NCC1CCOC1. The standard InChI is InChI=1S/C16H18N2O3/c1-11-14(16(19)17-9-12-7-8-20-10-12)15(18-21-11)13-5-3-2-4-6-13/h2-6,12H,7-10H2,1H3,(H,17,19). The lowest BCUT2D eigenvalue weighted by molar-refractivity contribution is 0.0944. The molecule has 1 aromatic carbocycles. The maximum Gasteiger partial charge on any atom is 0.257 e. The second kappa shape index (κ2) is 6.10. The molecule has 1 aliphatic heterocycles. The molecule has 0 bridgehead atoms. The predicted octanol–water partition coefficient (Wildman–Crippen LogP) is 2.42. The van der Waals surface area contributed by atoms with Gasteiger partial charge in [-0.15, -0.1) is 0 Å². The monoisotopic (exact) mass is 286 g/mol. The van der Waals surface area contributed by atoms with E-state index in [-0.39, 0.29) is 5.91 Å². The summed E-state index contributed by atoms with van der Waals surface area (Å²) in [5.41, 5.74) is 1.98. The van der Waals surface area contributed by atoms with Crippen LogP contribution in [0.25, 0.3) is 11.3 Å². The molecular formula is C16H18N2O3. The summed E-state index contributed by atoms with van der Waals surface area (Å²) in [5.74, 6) is 0.794. The van der Waals surface area contributed by atoms with E-state index in [1.165, 1.54) is 0 Å². The van der Waals surface area contributed by atoms with Crippen LogP contribution in [0.4, 0.5) is 0 Å². The molecule has 1 aromatic heterocycles. The van der Waals surface area contributed by atoms with Crippen molar-refractivity contribution < 1.29 is 14.1 Å². The van der Waals surface area contributed by atoms with E-state index in [1.807, 2.05) is 30.3 Å². The van der Waals surface area contributed by atoms with Gasteiger partial charge in [0.2, 0.25) is 0 Å². The van der Waals surface area contributed by atoms with Crippen LogP contribution >= 0.6 is 0 Å². The van der Waals surface area contributed by atoms with Crippen molar-refractivity contribution in [2.24, 2.45) is 5.92 Å². The summed E-state index contributed by atoms with van der Waals surface area (Å²) < 4.78 is 10.5. The number of amides is 1. The van der Waals surface area contributed by atoms with E-state index < -0.39 is 0 Å². The van der Waals surface area contributed by atoms with Crippen LogP contribution in [0.15, 0.2) is 34.9 Å². The van der Waals surface area contributed by atoms with Gasteiger partial charge in [-0.25, -0.2) is 0 Å². The van der Waals surface area contributed by atoms with Crippen molar-refractivity contribution in [3.63, 3.8) is 0 Å². The number of carbonyl (C=O) groups is 1. The second-order valence-electron chi connectivity index (χ2n) is 5.27. The smallest absolute Gasteiger partial charge is 0.257 e. The van der Waals surface area contributed by atoms with Crippen molar-refractivity contribution >= 4 is 5.91 Å². The van der Waals surface area contributed by atoms with E-state index in [1.54, 1.807) is 6.92 Å². The zero-order chi connectivity index (χ0) is 14.7. The Kier molecular flexibility index (Phi) is 4.01. The molecule has 2 heterocycles. The molecule has 0 aliphatic carbocycles. The van der Waals surface area contributed by atoms with Gasteiger partial charge >= 0.3 is 0 Å². The number of nitrogens with one attached hydrogen (secondary N) is 1. The van der Waals surface area contributed by atoms with Crippen molar-refractivity contribution in [3.8, 4) is 11.3 Å². The van der Waals surface area contributed by atoms with Crippen molar-refractivity contribution in [1.29, 1.82) is 0 Å². The van der Waals surface area contributed by atoms with Gasteiger partial charge in [-0.1, -0.05) is 35.5 Å². The average molecular weight is 286 g/mol. The van der Waals surface area contributed by atoms with Gasteiger partial charge in [-0.05, 0) is 13.3 Å². The summed E-state index contributed by atoms with van der Waals surface area (Å²) in [6.45, 7) is 3.88. The second-order valence-corrected chi connectivity index (χ2v) is 5.27. The normalized spacial score (nSPS) is 17.9. The average Bonchev–Trinajstić information content (AvgIpc) is 3.15. The maximum atomic E-state index is 12.4. The Labute approximate surface area is 123 Å². The van der Waals surface area contributed by atoms with Crippen LogP contribution in [0.5, 0.6) is 0 Å². The highest BCUT2D eigenvalue weighted by atomic mass is 16.5. The number of hydrogen-bond donors (Lipinski definition) is 1. The van der Waals surface area contributed by atoms with Gasteiger partial charge in [0.1, 0.15) is 17.0 Å². The first-order valence-electron chi connectivity index (χ1n) is 7.13. The molecule has 21 heavy (non-hydrogen) atoms. The molecule has 5 heteroatoms. The van der Waals surface area contributed by atoms with Gasteiger partial charge in [0, 0.05) is 24.6 Å². The highest BCUT2D eigenvalue weighted by molar-refractivity contribution is 6.00. The summed E-state index contributed by atoms with van der Waals surface area (Å²) in [6.07, 6.45) is 0.994. The topological polar surface area (TPSA) is 64.4 Å². The summed E-state index contributed by atoms with van der Waals surface area (Å²) in [7, 11) is 0. The summed E-state index contributed by atoms with van der Waals surface area (Å²) in [4.78, 5) is 12.4. The Morgan fingerprint density at radius 1 is 1.38 bits per heavy atom. The molecule has 2 aromatic rings. The number of aromatic nitrogens is 1. The number of ether oxygens (including phenoxy) is 1. The lowest BCUT2D eigenvalue weighted by atomic mass is 10.1. The van der Waals surface area contributed by atoms with E-state index in [2.05, 4.69) is 10.5 Å². The third-order valence-corrected chi connectivity index (χ3v) is 3.71. The Hall–Kier alpha value is -2.14. The van der Waals surface area contributed by atoms with Crippen LogP contribution in [0.2, 0.25) is 0 Å². The number of aryl methyl sites for hydroxylation is 1. The van der Waals surface area contributed by atoms with Crippen molar-refractivity contribution in [3.05, 3.63) is 41.7 Å².